The van der Waals surface area contributed by atoms with Crippen LogP contribution in [0.3, 0.4) is 0 Å². The van der Waals surface area contributed by atoms with Crippen LogP contribution in [-0.4, -0.2) is 19.9 Å². The summed E-state index contributed by atoms with van der Waals surface area (Å²) in [7, 11) is 0. The number of hydrogen-bond donors (Lipinski definition) is 2. The van der Waals surface area contributed by atoms with Gasteiger partial charge >= 0.3 is 6.18 Å². The highest BCUT2D eigenvalue weighted by atomic mass is 19.4. The van der Waals surface area contributed by atoms with Crippen molar-refractivity contribution >= 4 is 17.0 Å². The van der Waals surface area contributed by atoms with Gasteiger partial charge in [0.25, 0.3) is 0 Å². The van der Waals surface area contributed by atoms with Crippen LogP contribution in [0.15, 0.2) is 36.7 Å². The van der Waals surface area contributed by atoms with Crippen LogP contribution in [0.4, 0.5) is 19.0 Å². The van der Waals surface area contributed by atoms with Crippen molar-refractivity contribution in [2.24, 2.45) is 0 Å². The standard InChI is InChI=1S/C13H10F3N5/c14-13(15,16)12-20-10(9-11(21-12)19-7-18-9)17-6-8-4-2-1-3-5-8/h1-5,7H,6H2,(H2,17,18,19,20,21). The van der Waals surface area contributed by atoms with Crippen LogP contribution >= 0.6 is 0 Å². The lowest BCUT2D eigenvalue weighted by molar-refractivity contribution is -0.144. The lowest BCUT2D eigenvalue weighted by atomic mass is 10.2. The summed E-state index contributed by atoms with van der Waals surface area (Å²) < 4.78 is 38.3. The van der Waals surface area contributed by atoms with Gasteiger partial charge < -0.3 is 10.3 Å². The molecule has 0 bridgehead atoms. The maximum absolute atomic E-state index is 12.8. The zero-order chi connectivity index (χ0) is 14.9. The van der Waals surface area contributed by atoms with Crippen LogP contribution in [0.2, 0.25) is 0 Å². The Balaban J connectivity index is 1.95. The van der Waals surface area contributed by atoms with E-state index in [4.69, 9.17) is 0 Å². The van der Waals surface area contributed by atoms with E-state index in [1.165, 1.54) is 6.33 Å². The van der Waals surface area contributed by atoms with E-state index in [1.54, 1.807) is 0 Å². The van der Waals surface area contributed by atoms with E-state index >= 15 is 0 Å². The maximum atomic E-state index is 12.8. The minimum absolute atomic E-state index is 0.0205. The quantitative estimate of drug-likeness (QED) is 0.779. The summed E-state index contributed by atoms with van der Waals surface area (Å²) in [4.78, 5) is 13.4. The third kappa shape index (κ3) is 2.78. The zero-order valence-electron chi connectivity index (χ0n) is 10.6. The molecule has 0 saturated heterocycles. The van der Waals surface area contributed by atoms with Crippen molar-refractivity contribution in [2.45, 2.75) is 12.7 Å². The third-order valence-corrected chi connectivity index (χ3v) is 2.84. The van der Waals surface area contributed by atoms with E-state index in [1.807, 2.05) is 30.3 Å². The van der Waals surface area contributed by atoms with Crippen LogP contribution in [0.5, 0.6) is 0 Å². The second-order valence-electron chi connectivity index (χ2n) is 4.33. The number of hydrogen-bond acceptors (Lipinski definition) is 4. The average molecular weight is 293 g/mol. The Kier molecular flexibility index (Phi) is 3.20. The number of H-pyrrole nitrogens is 1. The summed E-state index contributed by atoms with van der Waals surface area (Å²) >= 11 is 0. The van der Waals surface area contributed by atoms with Crippen LogP contribution < -0.4 is 5.32 Å². The van der Waals surface area contributed by atoms with Crippen molar-refractivity contribution in [3.05, 3.63) is 48.0 Å². The predicted molar refractivity (Wildman–Crippen MR) is 70.5 cm³/mol. The highest BCUT2D eigenvalue weighted by Crippen LogP contribution is 2.29. The molecule has 3 aromatic rings. The van der Waals surface area contributed by atoms with Crippen molar-refractivity contribution in [2.75, 3.05) is 5.32 Å². The maximum Gasteiger partial charge on any atom is 0.451 e. The number of anilines is 1. The molecular weight excluding hydrogens is 283 g/mol. The van der Waals surface area contributed by atoms with Gasteiger partial charge in [-0.1, -0.05) is 30.3 Å². The van der Waals surface area contributed by atoms with E-state index in [0.717, 1.165) is 5.56 Å². The summed E-state index contributed by atoms with van der Waals surface area (Å²) in [5.41, 5.74) is 1.25. The molecule has 0 atom stereocenters. The zero-order valence-corrected chi connectivity index (χ0v) is 10.6. The largest absolute Gasteiger partial charge is 0.451 e. The topological polar surface area (TPSA) is 66.5 Å². The Morgan fingerprint density at radius 2 is 1.86 bits per heavy atom. The number of alkyl halides is 3. The van der Waals surface area contributed by atoms with Gasteiger partial charge in [-0.2, -0.15) is 13.2 Å². The van der Waals surface area contributed by atoms with Crippen LogP contribution in [-0.2, 0) is 12.7 Å². The van der Waals surface area contributed by atoms with Crippen LogP contribution in [0, 0.1) is 0 Å². The van der Waals surface area contributed by atoms with Gasteiger partial charge in [-0.05, 0) is 5.56 Å². The molecule has 8 heteroatoms. The van der Waals surface area contributed by atoms with Crippen molar-refractivity contribution < 1.29 is 13.2 Å². The SMILES string of the molecule is FC(F)(F)c1nc(NCc2ccccc2)c2[nH]cnc2n1. The number of halogens is 3. The molecular formula is C13H10F3N5. The van der Waals surface area contributed by atoms with Crippen LogP contribution in [0.25, 0.3) is 11.2 Å². The Labute approximate surface area is 117 Å². The van der Waals surface area contributed by atoms with Gasteiger partial charge in [-0.3, -0.25) is 0 Å². The van der Waals surface area contributed by atoms with Crippen LogP contribution in [0.1, 0.15) is 11.4 Å². The lowest BCUT2D eigenvalue weighted by Crippen LogP contribution is -2.13. The van der Waals surface area contributed by atoms with E-state index < -0.39 is 12.0 Å². The fourth-order valence-electron chi connectivity index (χ4n) is 1.87. The number of benzene rings is 1. The van der Waals surface area contributed by atoms with E-state index in [-0.39, 0.29) is 11.5 Å². The Bertz CT molecular complexity index is 751. The van der Waals surface area contributed by atoms with E-state index in [0.29, 0.717) is 12.1 Å². The van der Waals surface area contributed by atoms with Crippen molar-refractivity contribution in [3.63, 3.8) is 0 Å². The normalized spacial score (nSPS) is 11.8. The number of imidazole rings is 1. The molecule has 0 unspecified atom stereocenters. The second kappa shape index (κ2) is 5.04. The van der Waals surface area contributed by atoms with Gasteiger partial charge in [0.05, 0.1) is 6.33 Å². The third-order valence-electron chi connectivity index (χ3n) is 2.84. The van der Waals surface area contributed by atoms with Gasteiger partial charge in [0.15, 0.2) is 11.5 Å². The minimum Gasteiger partial charge on any atom is -0.364 e. The fraction of sp³-hybridized carbons (Fsp3) is 0.154. The lowest BCUT2D eigenvalue weighted by Gasteiger charge is -2.10. The molecule has 0 radical (unpaired) electrons. The van der Waals surface area contributed by atoms with Crippen molar-refractivity contribution in [1.29, 1.82) is 0 Å². The Hall–Kier alpha value is -2.64. The highest BCUT2D eigenvalue weighted by molar-refractivity contribution is 5.82. The second-order valence-corrected chi connectivity index (χ2v) is 4.33. The van der Waals surface area contributed by atoms with Gasteiger partial charge in [-0.15, -0.1) is 0 Å². The highest BCUT2D eigenvalue weighted by Gasteiger charge is 2.36. The fourth-order valence-corrected chi connectivity index (χ4v) is 1.87. The number of aromatic amines is 1. The molecule has 2 aromatic heterocycles. The van der Waals surface area contributed by atoms with E-state index in [2.05, 4.69) is 25.3 Å². The molecule has 0 aliphatic heterocycles. The summed E-state index contributed by atoms with van der Waals surface area (Å²) in [6, 6.07) is 9.29. The van der Waals surface area contributed by atoms with Gasteiger partial charge in [-0.25, -0.2) is 15.0 Å². The van der Waals surface area contributed by atoms with Gasteiger partial charge in [0.1, 0.15) is 5.52 Å². The Morgan fingerprint density at radius 1 is 1.10 bits per heavy atom. The number of fused-ring (bicyclic) bond motifs is 1. The summed E-state index contributed by atoms with van der Waals surface area (Å²) in [6.07, 6.45) is -3.33. The minimum atomic E-state index is -4.61. The van der Waals surface area contributed by atoms with Gasteiger partial charge in [0.2, 0.25) is 5.82 Å². The predicted octanol–water partition coefficient (Wildman–Crippen LogP) is 2.98. The first-order valence-electron chi connectivity index (χ1n) is 6.10. The first-order chi connectivity index (χ1) is 10.0. The smallest absolute Gasteiger partial charge is 0.364 e. The van der Waals surface area contributed by atoms with E-state index in [9.17, 15) is 13.2 Å². The van der Waals surface area contributed by atoms with Gasteiger partial charge in [0, 0.05) is 6.54 Å². The molecule has 108 valence electrons. The number of rotatable bonds is 3. The molecule has 0 fully saturated rings. The average Bonchev–Trinajstić information content (AvgIpc) is 2.93. The first kappa shape index (κ1) is 13.3. The summed E-state index contributed by atoms with van der Waals surface area (Å²) in [5, 5.41) is 2.88. The molecule has 3 rings (SSSR count). The molecule has 21 heavy (non-hydrogen) atoms. The molecule has 0 amide bonds. The summed E-state index contributed by atoms with van der Waals surface area (Å²) in [6.45, 7) is 0.350. The monoisotopic (exact) mass is 293 g/mol. The molecule has 0 aliphatic carbocycles. The molecule has 0 aliphatic rings. The Morgan fingerprint density at radius 3 is 2.57 bits per heavy atom. The molecule has 2 heterocycles. The molecule has 1 aromatic carbocycles. The van der Waals surface area contributed by atoms with Crippen molar-refractivity contribution in [1.82, 2.24) is 19.9 Å². The summed E-state index contributed by atoms with van der Waals surface area (Å²) in [5.74, 6) is -1.13. The molecule has 2 N–H and O–H groups in total. The number of nitrogens with zero attached hydrogens (tertiary/aromatic N) is 3. The number of aromatic nitrogens is 4. The van der Waals surface area contributed by atoms with Crippen molar-refractivity contribution in [3.8, 4) is 0 Å². The molecule has 5 nitrogen and oxygen atoms in total. The first-order valence-corrected chi connectivity index (χ1v) is 6.10. The molecule has 0 spiro atoms. The molecule has 0 saturated carbocycles. The number of nitrogens with one attached hydrogen (secondary N) is 2.